The Morgan fingerprint density at radius 2 is 2.15 bits per heavy atom. The van der Waals surface area contributed by atoms with Crippen LogP contribution in [0.15, 0.2) is 18.2 Å². The van der Waals surface area contributed by atoms with Crippen LogP contribution < -0.4 is 10.1 Å². The number of hydrogen-bond donors (Lipinski definition) is 1. The van der Waals surface area contributed by atoms with Crippen molar-refractivity contribution in [1.82, 2.24) is 5.32 Å². The molecule has 2 unspecified atom stereocenters. The zero-order valence-electron chi connectivity index (χ0n) is 13.0. The van der Waals surface area contributed by atoms with E-state index >= 15 is 0 Å². The van der Waals surface area contributed by atoms with Gasteiger partial charge in [0.2, 0.25) is 0 Å². The van der Waals surface area contributed by atoms with Gasteiger partial charge in [0.25, 0.3) is 0 Å². The lowest BCUT2D eigenvalue weighted by Crippen LogP contribution is -2.49. The SMILES string of the molecule is CCNC1CCC(C)(C)CC1Oc1cccc(C)c1F. The Labute approximate surface area is 121 Å². The van der Waals surface area contributed by atoms with Gasteiger partial charge in [0.15, 0.2) is 11.6 Å². The molecule has 1 fully saturated rings. The van der Waals surface area contributed by atoms with Crippen LogP contribution in [-0.4, -0.2) is 18.7 Å². The molecule has 3 heteroatoms. The summed E-state index contributed by atoms with van der Waals surface area (Å²) in [6.45, 7) is 9.32. The zero-order chi connectivity index (χ0) is 14.8. The quantitative estimate of drug-likeness (QED) is 0.897. The Hall–Kier alpha value is -1.09. The number of hydrogen-bond acceptors (Lipinski definition) is 2. The highest BCUT2D eigenvalue weighted by atomic mass is 19.1. The second-order valence-electron chi connectivity index (χ2n) is 6.61. The van der Waals surface area contributed by atoms with Crippen LogP contribution in [0, 0.1) is 18.2 Å². The van der Waals surface area contributed by atoms with Crippen molar-refractivity contribution in [3.8, 4) is 5.75 Å². The zero-order valence-corrected chi connectivity index (χ0v) is 13.0. The highest BCUT2D eigenvalue weighted by Crippen LogP contribution is 2.37. The van der Waals surface area contributed by atoms with Crippen molar-refractivity contribution in [2.75, 3.05) is 6.54 Å². The maximum absolute atomic E-state index is 14.1. The van der Waals surface area contributed by atoms with Crippen LogP contribution in [0.2, 0.25) is 0 Å². The monoisotopic (exact) mass is 279 g/mol. The van der Waals surface area contributed by atoms with Crippen molar-refractivity contribution in [2.24, 2.45) is 5.41 Å². The number of likely N-dealkylation sites (N-methyl/N-ethyl adjacent to an activating group) is 1. The van der Waals surface area contributed by atoms with Crippen molar-refractivity contribution < 1.29 is 9.13 Å². The number of halogens is 1. The normalized spacial score (nSPS) is 25.4. The van der Waals surface area contributed by atoms with E-state index < -0.39 is 0 Å². The smallest absolute Gasteiger partial charge is 0.167 e. The first kappa shape index (κ1) is 15.3. The summed E-state index contributed by atoms with van der Waals surface area (Å²) in [6, 6.07) is 5.67. The Balaban J connectivity index is 2.16. The van der Waals surface area contributed by atoms with Crippen LogP contribution in [-0.2, 0) is 0 Å². The van der Waals surface area contributed by atoms with Gasteiger partial charge in [-0.15, -0.1) is 0 Å². The lowest BCUT2D eigenvalue weighted by molar-refractivity contribution is 0.0508. The highest BCUT2D eigenvalue weighted by molar-refractivity contribution is 5.30. The van der Waals surface area contributed by atoms with Crippen LogP contribution in [0.5, 0.6) is 5.75 Å². The maximum Gasteiger partial charge on any atom is 0.167 e. The number of benzene rings is 1. The van der Waals surface area contributed by atoms with Gasteiger partial charge in [0, 0.05) is 6.04 Å². The maximum atomic E-state index is 14.1. The van der Waals surface area contributed by atoms with Crippen molar-refractivity contribution in [3.63, 3.8) is 0 Å². The number of aryl methyl sites for hydroxylation is 1. The summed E-state index contributed by atoms with van der Waals surface area (Å²) in [5.74, 6) is 0.154. The van der Waals surface area contributed by atoms with Crippen LogP contribution in [0.3, 0.4) is 0 Å². The molecule has 2 nitrogen and oxygen atoms in total. The molecule has 0 bridgehead atoms. The van der Waals surface area contributed by atoms with Crippen LogP contribution >= 0.6 is 0 Å². The van der Waals surface area contributed by atoms with Gasteiger partial charge in [0.1, 0.15) is 6.10 Å². The molecule has 112 valence electrons. The molecule has 1 saturated carbocycles. The largest absolute Gasteiger partial charge is 0.486 e. The fourth-order valence-electron chi connectivity index (χ4n) is 3.02. The van der Waals surface area contributed by atoms with Crippen molar-refractivity contribution >= 4 is 0 Å². The van der Waals surface area contributed by atoms with E-state index in [9.17, 15) is 4.39 Å². The minimum atomic E-state index is -0.230. The van der Waals surface area contributed by atoms with E-state index in [0.29, 0.717) is 17.4 Å². The van der Waals surface area contributed by atoms with Gasteiger partial charge in [-0.2, -0.15) is 0 Å². The van der Waals surface area contributed by atoms with E-state index in [1.807, 2.05) is 6.07 Å². The Bertz CT molecular complexity index is 458. The molecule has 2 atom stereocenters. The van der Waals surface area contributed by atoms with E-state index in [1.165, 1.54) is 6.42 Å². The number of rotatable bonds is 4. The summed E-state index contributed by atoms with van der Waals surface area (Å²) in [5.41, 5.74) is 0.897. The molecular formula is C17H26FNO. The first-order valence-corrected chi connectivity index (χ1v) is 7.58. The van der Waals surface area contributed by atoms with Gasteiger partial charge >= 0.3 is 0 Å². The predicted molar refractivity (Wildman–Crippen MR) is 80.6 cm³/mol. The Morgan fingerprint density at radius 1 is 1.40 bits per heavy atom. The first-order chi connectivity index (χ1) is 9.43. The molecule has 1 aliphatic rings. The minimum Gasteiger partial charge on any atom is -0.486 e. The average Bonchev–Trinajstić information content (AvgIpc) is 2.38. The molecule has 0 amide bonds. The molecule has 0 saturated heterocycles. The van der Waals surface area contributed by atoms with Gasteiger partial charge in [-0.25, -0.2) is 4.39 Å². The fourth-order valence-corrected chi connectivity index (χ4v) is 3.02. The van der Waals surface area contributed by atoms with E-state index in [-0.39, 0.29) is 17.3 Å². The highest BCUT2D eigenvalue weighted by Gasteiger charge is 2.36. The molecule has 2 rings (SSSR count). The third kappa shape index (κ3) is 3.51. The summed E-state index contributed by atoms with van der Waals surface area (Å²) in [6.07, 6.45) is 3.26. The third-order valence-corrected chi connectivity index (χ3v) is 4.24. The molecule has 1 aromatic carbocycles. The van der Waals surface area contributed by atoms with Gasteiger partial charge in [0.05, 0.1) is 0 Å². The summed E-state index contributed by atoms with van der Waals surface area (Å²) < 4.78 is 20.1. The third-order valence-electron chi connectivity index (χ3n) is 4.24. The molecule has 1 N–H and O–H groups in total. The standard InChI is InChI=1S/C17H26FNO/c1-5-19-13-9-10-17(3,4)11-15(13)20-14-8-6-7-12(2)16(14)18/h6-8,13,15,19H,5,9-11H2,1-4H3. The average molecular weight is 279 g/mol. The molecule has 0 spiro atoms. The van der Waals surface area contributed by atoms with E-state index in [0.717, 1.165) is 19.4 Å². The van der Waals surface area contributed by atoms with E-state index in [2.05, 4.69) is 26.1 Å². The van der Waals surface area contributed by atoms with Crippen molar-refractivity contribution in [3.05, 3.63) is 29.6 Å². The molecule has 0 heterocycles. The van der Waals surface area contributed by atoms with E-state index in [1.54, 1.807) is 19.1 Å². The lowest BCUT2D eigenvalue weighted by Gasteiger charge is -2.41. The van der Waals surface area contributed by atoms with Crippen LogP contribution in [0.4, 0.5) is 4.39 Å². The van der Waals surface area contributed by atoms with Crippen molar-refractivity contribution in [1.29, 1.82) is 0 Å². The fraction of sp³-hybridized carbons (Fsp3) is 0.647. The summed E-state index contributed by atoms with van der Waals surface area (Å²) in [5, 5.41) is 3.48. The minimum absolute atomic E-state index is 0.0370. The summed E-state index contributed by atoms with van der Waals surface area (Å²) in [4.78, 5) is 0. The van der Waals surface area contributed by atoms with Gasteiger partial charge in [-0.05, 0) is 49.8 Å². The second kappa shape index (κ2) is 6.13. The van der Waals surface area contributed by atoms with Crippen LogP contribution in [0.1, 0.15) is 45.6 Å². The lowest BCUT2D eigenvalue weighted by atomic mass is 9.74. The summed E-state index contributed by atoms with van der Waals surface area (Å²) in [7, 11) is 0. The van der Waals surface area contributed by atoms with Gasteiger partial charge in [-0.3, -0.25) is 0 Å². The molecule has 1 aliphatic carbocycles. The predicted octanol–water partition coefficient (Wildman–Crippen LogP) is 4.07. The molecule has 20 heavy (non-hydrogen) atoms. The van der Waals surface area contributed by atoms with Gasteiger partial charge < -0.3 is 10.1 Å². The first-order valence-electron chi connectivity index (χ1n) is 7.58. The molecule has 1 aromatic rings. The molecule has 0 radical (unpaired) electrons. The number of ether oxygens (including phenoxy) is 1. The van der Waals surface area contributed by atoms with Gasteiger partial charge in [-0.1, -0.05) is 32.9 Å². The molecule has 0 aliphatic heterocycles. The van der Waals surface area contributed by atoms with E-state index in [4.69, 9.17) is 4.74 Å². The van der Waals surface area contributed by atoms with Crippen molar-refractivity contribution in [2.45, 2.75) is 59.1 Å². The molecule has 0 aromatic heterocycles. The second-order valence-corrected chi connectivity index (χ2v) is 6.61. The summed E-state index contributed by atoms with van der Waals surface area (Å²) >= 11 is 0. The Kier molecular flexibility index (Phi) is 4.69. The van der Waals surface area contributed by atoms with Crippen LogP contribution in [0.25, 0.3) is 0 Å². The molecular weight excluding hydrogens is 253 g/mol. The topological polar surface area (TPSA) is 21.3 Å². The number of nitrogens with one attached hydrogen (secondary N) is 1. The Morgan fingerprint density at radius 3 is 2.85 bits per heavy atom.